The molecule has 6 heteroatoms. The predicted molar refractivity (Wildman–Crippen MR) is 70.7 cm³/mol. The van der Waals surface area contributed by atoms with Crippen LogP contribution in [0, 0.1) is 13.8 Å². The molecule has 0 radical (unpaired) electrons. The van der Waals surface area contributed by atoms with Crippen molar-refractivity contribution in [3.05, 3.63) is 29.6 Å². The van der Waals surface area contributed by atoms with Crippen LogP contribution in [0.25, 0.3) is 11.0 Å². The molecule has 0 spiro atoms. The molecule has 0 N–H and O–H groups in total. The van der Waals surface area contributed by atoms with Gasteiger partial charge in [-0.15, -0.1) is 0 Å². The number of aromatic nitrogens is 2. The highest BCUT2D eigenvalue weighted by molar-refractivity contribution is 5.77. The third-order valence-corrected chi connectivity index (χ3v) is 3.19. The lowest BCUT2D eigenvalue weighted by molar-refractivity contribution is -0.174. The van der Waals surface area contributed by atoms with E-state index in [1.807, 2.05) is 30.5 Å². The van der Waals surface area contributed by atoms with Crippen molar-refractivity contribution in [3.63, 3.8) is 0 Å². The van der Waals surface area contributed by atoms with Gasteiger partial charge in [0.2, 0.25) is 0 Å². The average molecular weight is 286 g/mol. The van der Waals surface area contributed by atoms with Crippen LogP contribution in [0.4, 0.5) is 13.2 Å². The van der Waals surface area contributed by atoms with E-state index in [4.69, 9.17) is 0 Å². The van der Waals surface area contributed by atoms with Gasteiger partial charge in [-0.1, -0.05) is 0 Å². The Balaban J connectivity index is 1.92. The van der Waals surface area contributed by atoms with E-state index in [-0.39, 0.29) is 6.61 Å². The summed E-state index contributed by atoms with van der Waals surface area (Å²) in [6.07, 6.45) is -2.02. The van der Waals surface area contributed by atoms with Crippen LogP contribution in [0.2, 0.25) is 0 Å². The van der Waals surface area contributed by atoms with Crippen molar-refractivity contribution in [2.75, 3.05) is 13.2 Å². The third kappa shape index (κ3) is 3.72. The highest BCUT2D eigenvalue weighted by Crippen LogP contribution is 2.19. The molecule has 20 heavy (non-hydrogen) atoms. The number of hydrogen-bond acceptors (Lipinski definition) is 2. The van der Waals surface area contributed by atoms with E-state index in [0.29, 0.717) is 13.0 Å². The van der Waals surface area contributed by atoms with Crippen molar-refractivity contribution in [1.29, 1.82) is 0 Å². The van der Waals surface area contributed by atoms with E-state index in [1.165, 1.54) is 11.1 Å². The predicted octanol–water partition coefficient (Wildman–Crippen LogP) is 3.62. The number of fused-ring (bicyclic) bond motifs is 1. The molecule has 0 atom stereocenters. The van der Waals surface area contributed by atoms with E-state index in [2.05, 4.69) is 9.72 Å². The molecule has 1 heterocycles. The molecule has 1 aromatic carbocycles. The second kappa shape index (κ2) is 5.83. The van der Waals surface area contributed by atoms with Crippen LogP contribution in [0.5, 0.6) is 0 Å². The van der Waals surface area contributed by atoms with Gasteiger partial charge < -0.3 is 9.30 Å². The molecule has 0 aliphatic rings. The normalized spacial score (nSPS) is 12.2. The largest absolute Gasteiger partial charge is 0.411 e. The van der Waals surface area contributed by atoms with Gasteiger partial charge in [-0.25, -0.2) is 4.98 Å². The zero-order valence-corrected chi connectivity index (χ0v) is 11.5. The van der Waals surface area contributed by atoms with Crippen LogP contribution in [-0.2, 0) is 11.3 Å². The van der Waals surface area contributed by atoms with Crippen LogP contribution >= 0.6 is 0 Å². The Morgan fingerprint density at radius 3 is 2.60 bits per heavy atom. The van der Waals surface area contributed by atoms with Gasteiger partial charge in [0, 0.05) is 13.2 Å². The maximum atomic E-state index is 11.9. The summed E-state index contributed by atoms with van der Waals surface area (Å²) in [5.74, 6) is 0. The molecule has 0 aliphatic heterocycles. The van der Waals surface area contributed by atoms with E-state index >= 15 is 0 Å². The van der Waals surface area contributed by atoms with Gasteiger partial charge in [-0.05, 0) is 43.5 Å². The van der Waals surface area contributed by atoms with E-state index in [0.717, 1.165) is 11.0 Å². The van der Waals surface area contributed by atoms with Gasteiger partial charge in [-0.2, -0.15) is 13.2 Å². The monoisotopic (exact) mass is 286 g/mol. The van der Waals surface area contributed by atoms with Gasteiger partial charge in [0.15, 0.2) is 0 Å². The molecule has 0 saturated carbocycles. The number of imidazole rings is 1. The second-order valence-electron chi connectivity index (χ2n) is 4.88. The topological polar surface area (TPSA) is 27.1 Å². The summed E-state index contributed by atoms with van der Waals surface area (Å²) >= 11 is 0. The SMILES string of the molecule is Cc1cc2ncn(CCCOCC(F)(F)F)c2cc1C. The highest BCUT2D eigenvalue weighted by Gasteiger charge is 2.27. The Hall–Kier alpha value is -1.56. The van der Waals surface area contributed by atoms with Crippen molar-refractivity contribution in [2.24, 2.45) is 0 Å². The molecular formula is C14H17F3N2O. The molecule has 1 aromatic heterocycles. The number of ether oxygens (including phenoxy) is 1. The number of hydrogen-bond donors (Lipinski definition) is 0. The van der Waals surface area contributed by atoms with E-state index < -0.39 is 12.8 Å². The minimum absolute atomic E-state index is 0.0873. The summed E-state index contributed by atoms with van der Waals surface area (Å²) in [5.41, 5.74) is 4.26. The summed E-state index contributed by atoms with van der Waals surface area (Å²) < 4.78 is 42.3. The maximum Gasteiger partial charge on any atom is 0.411 e. The number of aryl methyl sites for hydroxylation is 3. The van der Waals surface area contributed by atoms with Crippen LogP contribution in [0.3, 0.4) is 0 Å². The summed E-state index contributed by atoms with van der Waals surface area (Å²) in [6, 6.07) is 4.07. The number of rotatable bonds is 5. The first-order valence-electron chi connectivity index (χ1n) is 6.43. The molecule has 0 aliphatic carbocycles. The highest BCUT2D eigenvalue weighted by atomic mass is 19.4. The summed E-state index contributed by atoms with van der Waals surface area (Å²) in [4.78, 5) is 4.30. The molecule has 3 nitrogen and oxygen atoms in total. The first kappa shape index (κ1) is 14.8. The van der Waals surface area contributed by atoms with Gasteiger partial charge in [0.1, 0.15) is 6.61 Å². The molecular weight excluding hydrogens is 269 g/mol. The fourth-order valence-corrected chi connectivity index (χ4v) is 2.02. The lowest BCUT2D eigenvalue weighted by atomic mass is 10.1. The third-order valence-electron chi connectivity index (χ3n) is 3.19. The molecule has 110 valence electrons. The number of halogens is 3. The first-order valence-corrected chi connectivity index (χ1v) is 6.43. The lowest BCUT2D eigenvalue weighted by Crippen LogP contribution is -2.17. The van der Waals surface area contributed by atoms with Gasteiger partial charge in [0.25, 0.3) is 0 Å². The molecule has 0 unspecified atom stereocenters. The van der Waals surface area contributed by atoms with Gasteiger partial charge in [-0.3, -0.25) is 0 Å². The van der Waals surface area contributed by atoms with E-state index in [1.54, 1.807) is 6.33 Å². The Morgan fingerprint density at radius 1 is 1.20 bits per heavy atom. The molecule has 0 saturated heterocycles. The van der Waals surface area contributed by atoms with Crippen LogP contribution in [0.1, 0.15) is 17.5 Å². The van der Waals surface area contributed by atoms with Crippen LogP contribution in [0.15, 0.2) is 18.5 Å². The van der Waals surface area contributed by atoms with Crippen molar-refractivity contribution < 1.29 is 17.9 Å². The summed E-state index contributed by atoms with van der Waals surface area (Å²) in [7, 11) is 0. The number of alkyl halides is 3. The Labute approximate surface area is 115 Å². The second-order valence-corrected chi connectivity index (χ2v) is 4.88. The molecule has 2 aromatic rings. The fraction of sp³-hybridized carbons (Fsp3) is 0.500. The first-order chi connectivity index (χ1) is 9.37. The molecule has 0 amide bonds. The fourth-order valence-electron chi connectivity index (χ4n) is 2.02. The molecule has 2 rings (SSSR count). The van der Waals surface area contributed by atoms with Gasteiger partial charge >= 0.3 is 6.18 Å². The van der Waals surface area contributed by atoms with Crippen molar-refractivity contribution in [2.45, 2.75) is 33.0 Å². The van der Waals surface area contributed by atoms with Crippen molar-refractivity contribution >= 4 is 11.0 Å². The number of benzene rings is 1. The van der Waals surface area contributed by atoms with Crippen LogP contribution < -0.4 is 0 Å². The quantitative estimate of drug-likeness (QED) is 0.785. The minimum atomic E-state index is -4.25. The van der Waals surface area contributed by atoms with E-state index in [9.17, 15) is 13.2 Å². The Bertz CT molecular complexity index is 590. The molecule has 0 fully saturated rings. The van der Waals surface area contributed by atoms with Crippen LogP contribution in [-0.4, -0.2) is 28.9 Å². The van der Waals surface area contributed by atoms with Crippen molar-refractivity contribution in [3.8, 4) is 0 Å². The average Bonchev–Trinajstić information content (AvgIpc) is 2.71. The Kier molecular flexibility index (Phi) is 4.32. The minimum Gasteiger partial charge on any atom is -0.372 e. The summed E-state index contributed by atoms with van der Waals surface area (Å²) in [5, 5.41) is 0. The zero-order valence-electron chi connectivity index (χ0n) is 11.5. The lowest BCUT2D eigenvalue weighted by Gasteiger charge is -2.08. The summed E-state index contributed by atoms with van der Waals surface area (Å²) in [6.45, 7) is 3.55. The zero-order chi connectivity index (χ0) is 14.8. The van der Waals surface area contributed by atoms with Gasteiger partial charge in [0.05, 0.1) is 17.4 Å². The number of nitrogens with zero attached hydrogens (tertiary/aromatic N) is 2. The van der Waals surface area contributed by atoms with Crippen molar-refractivity contribution in [1.82, 2.24) is 9.55 Å². The Morgan fingerprint density at radius 2 is 1.90 bits per heavy atom. The smallest absolute Gasteiger partial charge is 0.372 e. The maximum absolute atomic E-state index is 11.9. The molecule has 0 bridgehead atoms. The standard InChI is InChI=1S/C14H17F3N2O/c1-10-6-12-13(7-11(10)2)19(9-18-12)4-3-5-20-8-14(15,16)17/h6-7,9H,3-5,8H2,1-2H3.